The van der Waals surface area contributed by atoms with Crippen molar-refractivity contribution >= 4 is 5.69 Å². The molecule has 0 atom stereocenters. The van der Waals surface area contributed by atoms with E-state index in [9.17, 15) is 0 Å². The van der Waals surface area contributed by atoms with Crippen molar-refractivity contribution in [3.05, 3.63) is 36.3 Å². The first-order valence-corrected chi connectivity index (χ1v) is 6.44. The normalized spacial score (nSPS) is 14.9. The van der Waals surface area contributed by atoms with Crippen LogP contribution in [0, 0.1) is 6.17 Å². The Kier molecular flexibility index (Phi) is 3.97. The number of methoxy groups -OCH3 is 2. The number of ether oxygens (including phenoxy) is 2. The molecule has 0 aromatic heterocycles. The van der Waals surface area contributed by atoms with E-state index >= 15 is 0 Å². The summed E-state index contributed by atoms with van der Waals surface area (Å²) in [7, 11) is 11.4. The molecule has 1 aromatic carbocycles. The van der Waals surface area contributed by atoms with Crippen LogP contribution in [0.1, 0.15) is 5.56 Å². The lowest BCUT2D eigenvalue weighted by molar-refractivity contribution is 0.329. The zero-order chi connectivity index (χ0) is 14.9. The Labute approximate surface area is 121 Å². The maximum atomic E-state index is 5.58. The molecule has 2 rings (SSSR count). The van der Waals surface area contributed by atoms with Gasteiger partial charge in [-0.1, -0.05) is 0 Å². The third-order valence-electron chi connectivity index (χ3n) is 3.41. The van der Waals surface area contributed by atoms with Crippen molar-refractivity contribution in [2.24, 2.45) is 0 Å². The Morgan fingerprint density at radius 1 is 0.900 bits per heavy atom. The van der Waals surface area contributed by atoms with Crippen LogP contribution in [0.25, 0.3) is 0 Å². The summed E-state index contributed by atoms with van der Waals surface area (Å²) >= 11 is 0. The quantitative estimate of drug-likeness (QED) is 0.838. The van der Waals surface area contributed by atoms with Gasteiger partial charge in [-0.25, -0.2) is 0 Å². The molecule has 0 N–H and O–H groups in total. The standard InChI is InChI=1S/C15H22N3O2/c1-16(2)11-9-12(19-5)14(13(10-11)20-6)15-17(3)7-8-18(15)4/h7-10H,1-6H3. The second kappa shape index (κ2) is 5.53. The molecule has 1 aliphatic rings. The van der Waals surface area contributed by atoms with Crippen LogP contribution in [-0.2, 0) is 0 Å². The van der Waals surface area contributed by atoms with Crippen LogP contribution in [0.15, 0.2) is 24.5 Å². The van der Waals surface area contributed by atoms with Crippen LogP contribution in [0.2, 0.25) is 0 Å². The molecule has 5 heteroatoms. The van der Waals surface area contributed by atoms with Gasteiger partial charge in [-0.2, -0.15) is 0 Å². The van der Waals surface area contributed by atoms with Gasteiger partial charge < -0.3 is 24.2 Å². The number of hydrogen-bond donors (Lipinski definition) is 0. The second-order valence-electron chi connectivity index (χ2n) is 4.96. The Bertz CT molecular complexity index is 477. The minimum absolute atomic E-state index is 0.797. The van der Waals surface area contributed by atoms with Crippen LogP contribution in [0.5, 0.6) is 11.5 Å². The van der Waals surface area contributed by atoms with Crippen LogP contribution < -0.4 is 14.4 Å². The van der Waals surface area contributed by atoms with E-state index in [2.05, 4.69) is 9.80 Å². The van der Waals surface area contributed by atoms with Gasteiger partial charge in [0.25, 0.3) is 0 Å². The van der Waals surface area contributed by atoms with Crippen molar-refractivity contribution in [3.8, 4) is 11.5 Å². The Morgan fingerprint density at radius 3 is 1.70 bits per heavy atom. The van der Waals surface area contributed by atoms with Gasteiger partial charge in [-0.15, -0.1) is 0 Å². The molecule has 0 spiro atoms. The summed E-state index contributed by atoms with van der Waals surface area (Å²) < 4.78 is 11.2. The summed E-state index contributed by atoms with van der Waals surface area (Å²) in [6, 6.07) is 4.04. The van der Waals surface area contributed by atoms with Crippen LogP contribution in [-0.4, -0.2) is 52.2 Å². The van der Waals surface area contributed by atoms with Gasteiger partial charge in [0.2, 0.25) is 0 Å². The number of nitrogens with zero attached hydrogens (tertiary/aromatic N) is 3. The minimum atomic E-state index is 0.797. The van der Waals surface area contributed by atoms with Crippen molar-refractivity contribution in [2.75, 3.05) is 47.3 Å². The highest BCUT2D eigenvalue weighted by molar-refractivity contribution is 5.63. The van der Waals surface area contributed by atoms with Gasteiger partial charge in [0, 0.05) is 58.4 Å². The van der Waals surface area contributed by atoms with Crippen LogP contribution >= 0.6 is 0 Å². The first kappa shape index (κ1) is 14.4. The lowest BCUT2D eigenvalue weighted by Crippen LogP contribution is -2.27. The van der Waals surface area contributed by atoms with Crippen molar-refractivity contribution in [2.45, 2.75) is 0 Å². The number of benzene rings is 1. The molecule has 5 nitrogen and oxygen atoms in total. The first-order valence-electron chi connectivity index (χ1n) is 6.44. The van der Waals surface area contributed by atoms with E-state index in [1.54, 1.807) is 14.2 Å². The molecule has 1 radical (unpaired) electrons. The van der Waals surface area contributed by atoms with Gasteiger partial charge in [0.15, 0.2) is 6.17 Å². The molecular formula is C15H22N3O2. The maximum absolute atomic E-state index is 5.58. The van der Waals surface area contributed by atoms with Crippen molar-refractivity contribution < 1.29 is 9.47 Å². The van der Waals surface area contributed by atoms with E-state index in [1.807, 2.05) is 57.6 Å². The lowest BCUT2D eigenvalue weighted by atomic mass is 10.1. The fourth-order valence-electron chi connectivity index (χ4n) is 2.32. The Balaban J connectivity index is 2.56. The van der Waals surface area contributed by atoms with E-state index < -0.39 is 0 Å². The lowest BCUT2D eigenvalue weighted by Gasteiger charge is -2.29. The molecule has 0 aliphatic carbocycles. The highest BCUT2D eigenvalue weighted by Gasteiger charge is 2.31. The third kappa shape index (κ3) is 2.35. The first-order chi connectivity index (χ1) is 9.49. The SMILES string of the molecule is COc1cc(N(C)C)cc(OC)c1[C]1N(C)C=CN1C. The molecule has 0 saturated heterocycles. The van der Waals surface area contributed by atoms with Crippen molar-refractivity contribution in [3.63, 3.8) is 0 Å². The summed E-state index contributed by atoms with van der Waals surface area (Å²) in [4.78, 5) is 6.13. The Morgan fingerprint density at radius 2 is 1.35 bits per heavy atom. The number of hydrogen-bond acceptors (Lipinski definition) is 5. The van der Waals surface area contributed by atoms with Crippen molar-refractivity contribution in [1.29, 1.82) is 0 Å². The number of anilines is 1. The summed E-state index contributed by atoms with van der Waals surface area (Å²) in [5.74, 6) is 1.59. The van der Waals surface area contributed by atoms with Gasteiger partial charge >= 0.3 is 0 Å². The van der Waals surface area contributed by atoms with E-state index in [-0.39, 0.29) is 0 Å². The van der Waals surface area contributed by atoms with Crippen LogP contribution in [0.4, 0.5) is 5.69 Å². The fourth-order valence-corrected chi connectivity index (χ4v) is 2.32. The van der Waals surface area contributed by atoms with Gasteiger partial charge in [0.1, 0.15) is 11.5 Å². The molecule has 0 unspecified atom stereocenters. The third-order valence-corrected chi connectivity index (χ3v) is 3.41. The molecule has 0 saturated carbocycles. The minimum Gasteiger partial charge on any atom is -0.496 e. The number of rotatable bonds is 4. The van der Waals surface area contributed by atoms with Gasteiger partial charge in [0.05, 0.1) is 19.8 Å². The molecule has 20 heavy (non-hydrogen) atoms. The highest BCUT2D eigenvalue weighted by atomic mass is 16.5. The monoisotopic (exact) mass is 276 g/mol. The fraction of sp³-hybridized carbons (Fsp3) is 0.400. The highest BCUT2D eigenvalue weighted by Crippen LogP contribution is 2.42. The molecule has 1 aromatic rings. The summed E-state index contributed by atoms with van der Waals surface area (Å²) in [5.41, 5.74) is 2.00. The van der Waals surface area contributed by atoms with E-state index in [4.69, 9.17) is 9.47 Å². The molecule has 1 aliphatic heterocycles. The molecule has 109 valence electrons. The molecule has 0 bridgehead atoms. The van der Waals surface area contributed by atoms with Gasteiger partial charge in [-0.05, 0) is 0 Å². The molecule has 0 fully saturated rings. The Hall–Kier alpha value is -2.04. The topological polar surface area (TPSA) is 28.2 Å². The van der Waals surface area contributed by atoms with E-state index in [1.165, 1.54) is 0 Å². The van der Waals surface area contributed by atoms with Crippen LogP contribution in [0.3, 0.4) is 0 Å². The predicted molar refractivity (Wildman–Crippen MR) is 80.9 cm³/mol. The van der Waals surface area contributed by atoms with Gasteiger partial charge in [-0.3, -0.25) is 0 Å². The van der Waals surface area contributed by atoms with E-state index in [0.717, 1.165) is 28.9 Å². The molecular weight excluding hydrogens is 254 g/mol. The largest absolute Gasteiger partial charge is 0.496 e. The second-order valence-corrected chi connectivity index (χ2v) is 4.96. The zero-order valence-electron chi connectivity index (χ0n) is 13.0. The summed E-state index contributed by atoms with van der Waals surface area (Å²) in [6.45, 7) is 0. The summed E-state index contributed by atoms with van der Waals surface area (Å²) in [6.07, 6.45) is 5.05. The average Bonchev–Trinajstić information content (AvgIpc) is 2.76. The average molecular weight is 276 g/mol. The smallest absolute Gasteiger partial charge is 0.193 e. The predicted octanol–water partition coefficient (Wildman–Crippen LogP) is 1.96. The maximum Gasteiger partial charge on any atom is 0.193 e. The summed E-state index contributed by atoms with van der Waals surface area (Å²) in [5, 5.41) is 0. The van der Waals surface area contributed by atoms with E-state index in [0.29, 0.717) is 0 Å². The molecule has 1 heterocycles. The molecule has 0 amide bonds. The zero-order valence-corrected chi connectivity index (χ0v) is 13.0. The van der Waals surface area contributed by atoms with Crippen molar-refractivity contribution in [1.82, 2.24) is 9.80 Å².